The predicted molar refractivity (Wildman–Crippen MR) is 72.7 cm³/mol. The molecule has 5 heteroatoms. The number of carbonyl (C=O) groups is 1. The van der Waals surface area contributed by atoms with Gasteiger partial charge in [-0.1, -0.05) is 12.8 Å². The average molecular weight is 298 g/mol. The fourth-order valence-electron chi connectivity index (χ4n) is 4.30. The lowest BCUT2D eigenvalue weighted by atomic mass is 9.68. The number of rotatable bonds is 5. The first-order chi connectivity index (χ1) is 10.00. The molecule has 4 aliphatic rings. The van der Waals surface area contributed by atoms with Gasteiger partial charge in [0.15, 0.2) is 12.0 Å². The molecule has 0 aromatic heterocycles. The third-order valence-electron chi connectivity index (χ3n) is 5.88. The first-order valence-corrected chi connectivity index (χ1v) is 8.02. The monoisotopic (exact) mass is 298 g/mol. The maximum absolute atomic E-state index is 13.9. The Bertz CT molecular complexity index is 459. The lowest BCUT2D eigenvalue weighted by Gasteiger charge is -2.38. The molecular weight excluding hydrogens is 275 g/mol. The van der Waals surface area contributed by atoms with E-state index in [0.717, 1.165) is 12.3 Å². The fraction of sp³-hybridized carbons (Fsp3) is 0.938. The SMILES string of the molecule is CO[C@@H]1C(=O)[C@@H](F)C[C@]2(CO2)[C@H]1[C@@]1(C)O[C@@H]1CCC1CC1. The summed E-state index contributed by atoms with van der Waals surface area (Å²) in [6, 6.07) is 0. The number of epoxide rings is 2. The highest BCUT2D eigenvalue weighted by atomic mass is 19.1. The normalized spacial score (nSPS) is 52.2. The van der Waals surface area contributed by atoms with Crippen molar-refractivity contribution >= 4 is 5.78 Å². The summed E-state index contributed by atoms with van der Waals surface area (Å²) in [6.07, 6.45) is 2.99. The Morgan fingerprint density at radius 1 is 1.38 bits per heavy atom. The Labute approximate surface area is 124 Å². The maximum atomic E-state index is 13.9. The van der Waals surface area contributed by atoms with Gasteiger partial charge in [-0.2, -0.15) is 0 Å². The van der Waals surface area contributed by atoms with Crippen LogP contribution < -0.4 is 0 Å². The van der Waals surface area contributed by atoms with Crippen LogP contribution in [0.15, 0.2) is 0 Å². The molecule has 2 heterocycles. The second kappa shape index (κ2) is 4.49. The van der Waals surface area contributed by atoms with Gasteiger partial charge in [0.05, 0.1) is 18.6 Å². The van der Waals surface area contributed by atoms with Crippen LogP contribution in [0.5, 0.6) is 0 Å². The zero-order valence-electron chi connectivity index (χ0n) is 12.6. The van der Waals surface area contributed by atoms with Crippen LogP contribution >= 0.6 is 0 Å². The second-order valence-electron chi connectivity index (χ2n) is 7.37. The van der Waals surface area contributed by atoms with E-state index in [-0.39, 0.29) is 18.4 Å². The molecule has 0 aromatic rings. The number of hydrogen-bond acceptors (Lipinski definition) is 4. The van der Waals surface area contributed by atoms with Crippen LogP contribution in [0.25, 0.3) is 0 Å². The predicted octanol–water partition coefficient (Wildman–Crippen LogP) is 2.05. The zero-order chi connectivity index (χ0) is 14.8. The number of ketones is 1. The molecule has 0 bridgehead atoms. The van der Waals surface area contributed by atoms with Crippen LogP contribution in [0.2, 0.25) is 0 Å². The number of hydrogen-bond donors (Lipinski definition) is 0. The van der Waals surface area contributed by atoms with Crippen LogP contribution in [0, 0.1) is 11.8 Å². The van der Waals surface area contributed by atoms with Gasteiger partial charge < -0.3 is 14.2 Å². The highest BCUT2D eigenvalue weighted by Gasteiger charge is 2.73. The molecule has 0 amide bonds. The largest absolute Gasteiger partial charge is 0.373 e. The Kier molecular flexibility index (Phi) is 3.02. The van der Waals surface area contributed by atoms with E-state index in [4.69, 9.17) is 14.2 Å². The molecule has 0 radical (unpaired) electrons. The highest BCUT2D eigenvalue weighted by molar-refractivity contribution is 5.89. The minimum Gasteiger partial charge on any atom is -0.373 e. The molecular formula is C16H23FO4. The summed E-state index contributed by atoms with van der Waals surface area (Å²) in [5.74, 6) is 0.242. The van der Waals surface area contributed by atoms with E-state index in [1.165, 1.54) is 26.4 Å². The van der Waals surface area contributed by atoms with Crippen molar-refractivity contribution in [2.45, 2.75) is 68.6 Å². The Morgan fingerprint density at radius 3 is 2.67 bits per heavy atom. The van der Waals surface area contributed by atoms with Gasteiger partial charge in [-0.15, -0.1) is 0 Å². The Morgan fingerprint density at radius 2 is 2.10 bits per heavy atom. The summed E-state index contributed by atoms with van der Waals surface area (Å²) < 4.78 is 30.9. The molecule has 1 spiro atoms. The third kappa shape index (κ3) is 2.16. The number of alkyl halides is 1. The molecule has 2 aliphatic carbocycles. The number of methoxy groups -OCH3 is 1. The molecule has 0 N–H and O–H groups in total. The van der Waals surface area contributed by atoms with Gasteiger partial charge in [-0.25, -0.2) is 4.39 Å². The molecule has 4 rings (SSSR count). The van der Waals surface area contributed by atoms with Crippen molar-refractivity contribution in [3.8, 4) is 0 Å². The van der Waals surface area contributed by atoms with E-state index < -0.39 is 29.3 Å². The van der Waals surface area contributed by atoms with Gasteiger partial charge in [0.2, 0.25) is 0 Å². The fourth-order valence-corrected chi connectivity index (χ4v) is 4.30. The van der Waals surface area contributed by atoms with Crippen molar-refractivity contribution in [1.29, 1.82) is 0 Å². The smallest absolute Gasteiger partial charge is 0.196 e. The minimum atomic E-state index is -1.47. The molecule has 4 nitrogen and oxygen atoms in total. The van der Waals surface area contributed by atoms with E-state index >= 15 is 0 Å². The first-order valence-electron chi connectivity index (χ1n) is 8.02. The Hall–Kier alpha value is -0.520. The standard InChI is InChI=1S/C16H23FO4/c1-15(11(21-15)6-5-9-3-4-9)14-13(19-2)12(18)10(17)7-16(14)8-20-16/h9-11,13-14H,3-8H2,1-2H3/t10-,11+,13+,14+,15-,16-/m0/s1. The van der Waals surface area contributed by atoms with Crippen molar-refractivity contribution in [1.82, 2.24) is 0 Å². The first kappa shape index (κ1) is 14.1. The van der Waals surface area contributed by atoms with E-state index in [9.17, 15) is 9.18 Å². The molecule has 0 unspecified atom stereocenters. The zero-order valence-corrected chi connectivity index (χ0v) is 12.6. The van der Waals surface area contributed by atoms with Crippen LogP contribution in [-0.4, -0.2) is 49.1 Å². The van der Waals surface area contributed by atoms with E-state index in [2.05, 4.69) is 0 Å². The van der Waals surface area contributed by atoms with Gasteiger partial charge >= 0.3 is 0 Å². The summed E-state index contributed by atoms with van der Waals surface area (Å²) in [4.78, 5) is 12.1. The number of ether oxygens (including phenoxy) is 3. The molecule has 2 saturated carbocycles. The molecule has 0 aromatic carbocycles. The van der Waals surface area contributed by atoms with E-state index in [0.29, 0.717) is 6.61 Å². The van der Waals surface area contributed by atoms with E-state index in [1.54, 1.807) is 0 Å². The van der Waals surface area contributed by atoms with Crippen LogP contribution in [0.3, 0.4) is 0 Å². The molecule has 2 aliphatic heterocycles. The van der Waals surface area contributed by atoms with Crippen molar-refractivity contribution < 1.29 is 23.4 Å². The number of carbonyl (C=O) groups excluding carboxylic acids is 1. The Balaban J connectivity index is 1.52. The van der Waals surface area contributed by atoms with Gasteiger partial charge in [0.1, 0.15) is 17.3 Å². The van der Waals surface area contributed by atoms with Crippen LogP contribution in [-0.2, 0) is 19.0 Å². The van der Waals surface area contributed by atoms with Gasteiger partial charge in [-0.3, -0.25) is 4.79 Å². The molecule has 118 valence electrons. The lowest BCUT2D eigenvalue weighted by Crippen LogP contribution is -2.56. The second-order valence-corrected chi connectivity index (χ2v) is 7.37. The van der Waals surface area contributed by atoms with E-state index in [1.807, 2.05) is 6.92 Å². The third-order valence-corrected chi connectivity index (χ3v) is 5.88. The van der Waals surface area contributed by atoms with Gasteiger partial charge in [0, 0.05) is 13.5 Å². The molecule has 6 atom stereocenters. The number of Topliss-reactive ketones (excluding diaryl/α,β-unsaturated/α-hetero) is 1. The average Bonchev–Trinajstić information content (AvgIpc) is 3.30. The molecule has 21 heavy (non-hydrogen) atoms. The summed E-state index contributed by atoms with van der Waals surface area (Å²) in [6.45, 7) is 2.55. The molecule has 4 fully saturated rings. The topological polar surface area (TPSA) is 51.4 Å². The van der Waals surface area contributed by atoms with Crippen LogP contribution in [0.1, 0.15) is 39.0 Å². The van der Waals surface area contributed by atoms with Crippen molar-refractivity contribution in [2.75, 3.05) is 13.7 Å². The van der Waals surface area contributed by atoms with Crippen molar-refractivity contribution in [3.05, 3.63) is 0 Å². The highest BCUT2D eigenvalue weighted by Crippen LogP contribution is 2.59. The maximum Gasteiger partial charge on any atom is 0.196 e. The summed E-state index contributed by atoms with van der Waals surface area (Å²) >= 11 is 0. The molecule has 2 saturated heterocycles. The quantitative estimate of drug-likeness (QED) is 0.729. The lowest BCUT2D eigenvalue weighted by molar-refractivity contribution is -0.150. The van der Waals surface area contributed by atoms with Crippen molar-refractivity contribution in [3.63, 3.8) is 0 Å². The summed E-state index contributed by atoms with van der Waals surface area (Å²) in [5.41, 5.74) is -0.945. The van der Waals surface area contributed by atoms with Crippen LogP contribution in [0.4, 0.5) is 4.39 Å². The summed E-state index contributed by atoms with van der Waals surface area (Å²) in [5, 5.41) is 0. The van der Waals surface area contributed by atoms with Gasteiger partial charge in [-0.05, 0) is 25.7 Å². The van der Waals surface area contributed by atoms with Gasteiger partial charge in [0.25, 0.3) is 0 Å². The number of halogens is 1. The van der Waals surface area contributed by atoms with Crippen molar-refractivity contribution in [2.24, 2.45) is 11.8 Å². The summed E-state index contributed by atoms with van der Waals surface area (Å²) in [7, 11) is 1.48. The minimum absolute atomic E-state index is 0.157.